The van der Waals surface area contributed by atoms with E-state index in [-0.39, 0.29) is 17.9 Å². The van der Waals surface area contributed by atoms with E-state index < -0.39 is 0 Å². The summed E-state index contributed by atoms with van der Waals surface area (Å²) in [6.45, 7) is 1.88. The fourth-order valence-corrected chi connectivity index (χ4v) is 2.03. The Balaban J connectivity index is 1.95. The smallest absolute Gasteiger partial charge is 0.319 e. The number of halogens is 2. The molecule has 0 aliphatic carbocycles. The first kappa shape index (κ1) is 14.5. The minimum absolute atomic E-state index is 0.142. The highest BCUT2D eigenvalue weighted by molar-refractivity contribution is 9.10. The Morgan fingerprint density at radius 2 is 1.90 bits per heavy atom. The van der Waals surface area contributed by atoms with Crippen LogP contribution in [0.3, 0.4) is 0 Å². The van der Waals surface area contributed by atoms with Crippen molar-refractivity contribution in [1.82, 2.24) is 5.32 Å². The molecule has 5 heteroatoms. The largest absolute Gasteiger partial charge is 0.331 e. The van der Waals surface area contributed by atoms with Gasteiger partial charge in [-0.15, -0.1) is 0 Å². The van der Waals surface area contributed by atoms with Crippen LogP contribution in [0.25, 0.3) is 0 Å². The van der Waals surface area contributed by atoms with Gasteiger partial charge >= 0.3 is 6.03 Å². The van der Waals surface area contributed by atoms with Crippen LogP contribution in [0.5, 0.6) is 0 Å². The zero-order chi connectivity index (χ0) is 14.5. The molecule has 0 aromatic heterocycles. The van der Waals surface area contributed by atoms with Crippen LogP contribution in [-0.4, -0.2) is 6.03 Å². The van der Waals surface area contributed by atoms with Gasteiger partial charge in [0.15, 0.2) is 0 Å². The molecule has 2 amide bonds. The average molecular weight is 337 g/mol. The van der Waals surface area contributed by atoms with Crippen molar-refractivity contribution in [1.29, 1.82) is 0 Å². The van der Waals surface area contributed by atoms with Crippen LogP contribution < -0.4 is 10.6 Å². The Labute approximate surface area is 125 Å². The summed E-state index contributed by atoms with van der Waals surface area (Å²) in [5.74, 6) is -0.385. The molecule has 0 aliphatic heterocycles. The number of hydrogen-bond acceptors (Lipinski definition) is 1. The summed E-state index contributed by atoms with van der Waals surface area (Å²) in [5, 5.41) is 5.39. The summed E-state index contributed by atoms with van der Waals surface area (Å²) in [4.78, 5) is 11.8. The first-order valence-corrected chi connectivity index (χ1v) is 6.92. The number of hydrogen-bond donors (Lipinski definition) is 2. The van der Waals surface area contributed by atoms with Crippen LogP contribution >= 0.6 is 15.9 Å². The molecule has 2 aromatic rings. The van der Waals surface area contributed by atoms with E-state index in [1.807, 2.05) is 31.2 Å². The average Bonchev–Trinajstić information content (AvgIpc) is 2.39. The van der Waals surface area contributed by atoms with Crippen LogP contribution in [0.2, 0.25) is 0 Å². The summed E-state index contributed by atoms with van der Waals surface area (Å²) in [7, 11) is 0. The highest BCUT2D eigenvalue weighted by atomic mass is 79.9. The second-order valence-electron chi connectivity index (χ2n) is 4.38. The third-order valence-electron chi connectivity index (χ3n) is 2.80. The molecule has 2 rings (SSSR count). The standard InChI is InChI=1S/C15H14BrFN2O/c1-10(11-5-7-12(16)8-6-11)18-15(20)19-14-4-2-3-13(17)9-14/h2-10H,1H3,(H2,18,19,20)/t10-/m1/s1. The molecular formula is C15H14BrFN2O. The van der Waals surface area contributed by atoms with Crippen molar-refractivity contribution in [2.24, 2.45) is 0 Å². The number of urea groups is 1. The van der Waals surface area contributed by atoms with E-state index in [4.69, 9.17) is 0 Å². The minimum atomic E-state index is -0.385. The molecule has 0 fully saturated rings. The second-order valence-corrected chi connectivity index (χ2v) is 5.30. The lowest BCUT2D eigenvalue weighted by atomic mass is 10.1. The number of anilines is 1. The highest BCUT2D eigenvalue weighted by Crippen LogP contribution is 2.17. The Morgan fingerprint density at radius 1 is 1.20 bits per heavy atom. The summed E-state index contributed by atoms with van der Waals surface area (Å²) >= 11 is 3.36. The fraction of sp³-hybridized carbons (Fsp3) is 0.133. The van der Waals surface area contributed by atoms with Gasteiger partial charge in [0.25, 0.3) is 0 Å². The molecule has 0 bridgehead atoms. The summed E-state index contributed by atoms with van der Waals surface area (Å²) in [6, 6.07) is 12.9. The SMILES string of the molecule is C[C@@H](NC(=O)Nc1cccc(F)c1)c1ccc(Br)cc1. The quantitative estimate of drug-likeness (QED) is 0.852. The maximum atomic E-state index is 13.0. The van der Waals surface area contributed by atoms with E-state index in [1.165, 1.54) is 12.1 Å². The molecule has 0 heterocycles. The van der Waals surface area contributed by atoms with Gasteiger partial charge in [-0.2, -0.15) is 0 Å². The number of benzene rings is 2. The van der Waals surface area contributed by atoms with E-state index in [1.54, 1.807) is 12.1 Å². The van der Waals surface area contributed by atoms with Crippen molar-refractivity contribution in [2.45, 2.75) is 13.0 Å². The molecule has 0 aliphatic rings. The first-order chi connectivity index (χ1) is 9.54. The lowest BCUT2D eigenvalue weighted by molar-refractivity contribution is 0.249. The predicted molar refractivity (Wildman–Crippen MR) is 81.1 cm³/mol. The molecular weight excluding hydrogens is 323 g/mol. The van der Waals surface area contributed by atoms with Gasteiger partial charge in [-0.05, 0) is 42.8 Å². The van der Waals surface area contributed by atoms with Gasteiger partial charge in [-0.3, -0.25) is 0 Å². The molecule has 3 nitrogen and oxygen atoms in total. The molecule has 20 heavy (non-hydrogen) atoms. The zero-order valence-electron chi connectivity index (χ0n) is 10.9. The lowest BCUT2D eigenvalue weighted by Gasteiger charge is -2.15. The van der Waals surface area contributed by atoms with Crippen molar-refractivity contribution in [3.63, 3.8) is 0 Å². The monoisotopic (exact) mass is 336 g/mol. The van der Waals surface area contributed by atoms with Crippen LogP contribution in [-0.2, 0) is 0 Å². The van der Waals surface area contributed by atoms with E-state index >= 15 is 0 Å². The lowest BCUT2D eigenvalue weighted by Crippen LogP contribution is -2.31. The molecule has 0 saturated heterocycles. The van der Waals surface area contributed by atoms with Gasteiger partial charge in [0, 0.05) is 10.2 Å². The van der Waals surface area contributed by atoms with E-state index in [2.05, 4.69) is 26.6 Å². The molecule has 0 spiro atoms. The Morgan fingerprint density at radius 3 is 2.55 bits per heavy atom. The number of amides is 2. The fourth-order valence-electron chi connectivity index (χ4n) is 1.76. The molecule has 0 saturated carbocycles. The summed E-state index contributed by atoms with van der Waals surface area (Å²) in [6.07, 6.45) is 0. The van der Waals surface area contributed by atoms with Crippen molar-refractivity contribution in [2.75, 3.05) is 5.32 Å². The van der Waals surface area contributed by atoms with Gasteiger partial charge in [-0.1, -0.05) is 34.1 Å². The van der Waals surface area contributed by atoms with Gasteiger partial charge in [0.1, 0.15) is 5.82 Å². The van der Waals surface area contributed by atoms with Crippen LogP contribution in [0.4, 0.5) is 14.9 Å². The summed E-state index contributed by atoms with van der Waals surface area (Å²) in [5.41, 5.74) is 1.41. The van der Waals surface area contributed by atoms with Crippen molar-refractivity contribution in [3.8, 4) is 0 Å². The van der Waals surface area contributed by atoms with Gasteiger partial charge < -0.3 is 10.6 Å². The molecule has 0 unspecified atom stereocenters. The maximum Gasteiger partial charge on any atom is 0.319 e. The van der Waals surface area contributed by atoms with Gasteiger partial charge in [0.05, 0.1) is 6.04 Å². The van der Waals surface area contributed by atoms with E-state index in [0.717, 1.165) is 10.0 Å². The normalized spacial score (nSPS) is 11.8. The zero-order valence-corrected chi connectivity index (χ0v) is 12.4. The topological polar surface area (TPSA) is 41.1 Å². The number of carbonyl (C=O) groups excluding carboxylic acids is 1. The van der Waals surface area contributed by atoms with Crippen LogP contribution in [0, 0.1) is 5.82 Å². The van der Waals surface area contributed by atoms with Crippen molar-refractivity contribution in [3.05, 3.63) is 64.4 Å². The summed E-state index contributed by atoms with van der Waals surface area (Å²) < 4.78 is 14.0. The van der Waals surface area contributed by atoms with Gasteiger partial charge in [-0.25, -0.2) is 9.18 Å². The van der Waals surface area contributed by atoms with Crippen molar-refractivity contribution < 1.29 is 9.18 Å². The second kappa shape index (κ2) is 6.52. The Hall–Kier alpha value is -1.88. The van der Waals surface area contributed by atoms with Crippen LogP contribution in [0.15, 0.2) is 53.0 Å². The highest BCUT2D eigenvalue weighted by Gasteiger charge is 2.09. The molecule has 104 valence electrons. The molecule has 2 N–H and O–H groups in total. The maximum absolute atomic E-state index is 13.0. The van der Waals surface area contributed by atoms with E-state index in [9.17, 15) is 9.18 Å². The number of nitrogens with one attached hydrogen (secondary N) is 2. The van der Waals surface area contributed by atoms with Crippen LogP contribution in [0.1, 0.15) is 18.5 Å². The number of carbonyl (C=O) groups is 1. The Bertz CT molecular complexity index is 601. The molecule has 1 atom stereocenters. The number of rotatable bonds is 3. The predicted octanol–water partition coefficient (Wildman–Crippen LogP) is 4.47. The first-order valence-electron chi connectivity index (χ1n) is 6.13. The Kier molecular flexibility index (Phi) is 4.74. The molecule has 0 radical (unpaired) electrons. The van der Waals surface area contributed by atoms with Gasteiger partial charge in [0.2, 0.25) is 0 Å². The minimum Gasteiger partial charge on any atom is -0.331 e. The molecule has 2 aromatic carbocycles. The van der Waals surface area contributed by atoms with E-state index in [0.29, 0.717) is 5.69 Å². The third-order valence-corrected chi connectivity index (χ3v) is 3.33. The van der Waals surface area contributed by atoms with Crippen molar-refractivity contribution >= 4 is 27.6 Å². The third kappa shape index (κ3) is 4.06.